The van der Waals surface area contributed by atoms with Gasteiger partial charge in [-0.2, -0.15) is 0 Å². The fourth-order valence-electron chi connectivity index (χ4n) is 15.0. The summed E-state index contributed by atoms with van der Waals surface area (Å²) in [4.78, 5) is 77.1. The minimum Gasteiger partial charge on any atom is -0.255 e. The molecule has 12 heterocycles. The summed E-state index contributed by atoms with van der Waals surface area (Å²) in [6.45, 7) is 12.4. The standard InChI is InChI=1S/2C35H25N5.C34H24N6/c1-22-20-30(38-34-28(22)18-17-27-12-11-23(2)37-33(27)34)25-13-15-26(16-14-25)32-21-31(24-8-4-3-5-9-24)39-35(40-32)29-10-6-7-19-36-29;1-22-20-30(38-34-28(22)18-17-26-12-11-23(2)37-33(26)34)25-13-15-27(16-14-25)35-39-31(24-8-4-3-5-9-24)21-32(40-35)29-10-6-7-19-36-29;1-21-20-29(37-31-27(21)18-17-24-12-11-22(2)36-30(24)31)23-13-15-26(16-14-23)33-38-32(25-8-4-3-5-9-25)39-34(40-33)28-10-6-7-19-35-28/h2*3-21H,1-2H3;3-20H,1-2H3. The number of hydrogen-bond donors (Lipinski definition) is 0. The summed E-state index contributed by atoms with van der Waals surface area (Å²) < 4.78 is 0. The summed E-state index contributed by atoms with van der Waals surface area (Å²) in [5, 5.41) is 6.65. The summed E-state index contributed by atoms with van der Waals surface area (Å²) >= 11 is 0. The number of benzene rings is 9. The summed E-state index contributed by atoms with van der Waals surface area (Å²) in [6.07, 6.45) is 5.29. The first-order valence-corrected chi connectivity index (χ1v) is 39.7. The first-order chi connectivity index (χ1) is 58.9. The van der Waals surface area contributed by atoms with Crippen LogP contribution >= 0.6 is 0 Å². The maximum absolute atomic E-state index is 5.09. The van der Waals surface area contributed by atoms with E-state index in [0.717, 1.165) is 184 Å². The van der Waals surface area contributed by atoms with Crippen LogP contribution in [0.4, 0.5) is 0 Å². The van der Waals surface area contributed by atoms with Gasteiger partial charge in [-0.1, -0.05) is 237 Å². The molecule has 0 fully saturated rings. The fourth-order valence-corrected chi connectivity index (χ4v) is 15.0. The van der Waals surface area contributed by atoms with Gasteiger partial charge in [0, 0.05) is 118 Å². The highest BCUT2D eigenvalue weighted by atomic mass is 15.0. The van der Waals surface area contributed by atoms with Gasteiger partial charge < -0.3 is 0 Å². The number of aryl methyl sites for hydroxylation is 6. The van der Waals surface area contributed by atoms with Crippen LogP contribution in [0.5, 0.6) is 0 Å². The number of hydrogen-bond acceptors (Lipinski definition) is 16. The summed E-state index contributed by atoms with van der Waals surface area (Å²) in [6, 6.07) is 108. The van der Waals surface area contributed by atoms with Gasteiger partial charge in [-0.3, -0.25) is 29.9 Å². The molecule has 0 atom stereocenters. The predicted molar refractivity (Wildman–Crippen MR) is 483 cm³/mol. The van der Waals surface area contributed by atoms with Crippen molar-refractivity contribution < 1.29 is 0 Å². The Kier molecular flexibility index (Phi) is 20.0. The third-order valence-electron chi connectivity index (χ3n) is 21.3. The van der Waals surface area contributed by atoms with Gasteiger partial charge in [-0.25, -0.2) is 49.8 Å². The first kappa shape index (κ1) is 74.2. The average molecular weight is 1550 g/mol. The molecule has 0 spiro atoms. The van der Waals surface area contributed by atoms with Crippen molar-refractivity contribution in [1.82, 2.24) is 79.7 Å². The molecular weight excluding hydrogens is 1470 g/mol. The fraction of sp³-hybridized carbons (Fsp3) is 0.0577. The second-order valence-electron chi connectivity index (χ2n) is 29.6. The lowest BCUT2D eigenvalue weighted by molar-refractivity contribution is 1.06. The number of fused-ring (bicyclic) bond motifs is 9. The lowest BCUT2D eigenvalue weighted by atomic mass is 10.0. The topological polar surface area (TPSA) is 206 Å². The summed E-state index contributed by atoms with van der Waals surface area (Å²) in [5.41, 5.74) is 29.3. The number of pyridine rings is 9. The normalized spacial score (nSPS) is 11.2. The zero-order valence-corrected chi connectivity index (χ0v) is 66.5. The van der Waals surface area contributed by atoms with Crippen molar-refractivity contribution in [2.75, 3.05) is 0 Å². The van der Waals surface area contributed by atoms with Crippen molar-refractivity contribution in [3.8, 4) is 136 Å². The predicted octanol–water partition coefficient (Wildman–Crippen LogP) is 24.2. The Labute approximate surface area is 692 Å². The van der Waals surface area contributed by atoms with Crippen LogP contribution in [0, 0.1) is 41.5 Å². The molecule has 0 unspecified atom stereocenters. The van der Waals surface area contributed by atoms with Crippen LogP contribution in [-0.2, 0) is 0 Å². The van der Waals surface area contributed by atoms with E-state index in [1.165, 1.54) is 16.7 Å². The van der Waals surface area contributed by atoms with E-state index in [2.05, 4.69) is 193 Å². The highest BCUT2D eigenvalue weighted by molar-refractivity contribution is 6.07. The Morgan fingerprint density at radius 2 is 0.417 bits per heavy atom. The summed E-state index contributed by atoms with van der Waals surface area (Å²) in [7, 11) is 0. The van der Waals surface area contributed by atoms with Crippen molar-refractivity contribution in [2.45, 2.75) is 41.5 Å². The van der Waals surface area contributed by atoms with E-state index in [4.69, 9.17) is 64.8 Å². The van der Waals surface area contributed by atoms with Gasteiger partial charge in [0.15, 0.2) is 29.1 Å². The maximum atomic E-state index is 5.09. The second-order valence-corrected chi connectivity index (χ2v) is 29.6. The summed E-state index contributed by atoms with van der Waals surface area (Å²) in [5.74, 6) is 2.99. The van der Waals surface area contributed by atoms with E-state index in [0.29, 0.717) is 34.8 Å². The third kappa shape index (κ3) is 15.4. The molecule has 0 aliphatic rings. The van der Waals surface area contributed by atoms with Crippen molar-refractivity contribution in [1.29, 1.82) is 0 Å². The molecule has 21 aromatic rings. The Bertz CT molecular complexity index is 6540. The van der Waals surface area contributed by atoms with Crippen LogP contribution in [0.25, 0.3) is 202 Å². The smallest absolute Gasteiger partial charge is 0.182 e. The van der Waals surface area contributed by atoms with Crippen molar-refractivity contribution in [2.24, 2.45) is 0 Å². The van der Waals surface area contributed by atoms with Gasteiger partial charge in [0.2, 0.25) is 0 Å². The molecular formula is C104H74N16. The molecule has 16 nitrogen and oxygen atoms in total. The molecule has 0 aliphatic heterocycles. The highest BCUT2D eigenvalue weighted by Crippen LogP contribution is 2.37. The largest absolute Gasteiger partial charge is 0.255 e. The minimum absolute atomic E-state index is 0.537. The van der Waals surface area contributed by atoms with E-state index in [1.54, 1.807) is 18.6 Å². The lowest BCUT2D eigenvalue weighted by Crippen LogP contribution is -2.01. The molecule has 0 radical (unpaired) electrons. The molecule has 9 aromatic carbocycles. The Balaban J connectivity index is 0.000000119. The van der Waals surface area contributed by atoms with E-state index in [9.17, 15) is 0 Å². The average Bonchev–Trinajstić information content (AvgIpc) is 0.761. The van der Waals surface area contributed by atoms with E-state index in [1.807, 2.05) is 185 Å². The third-order valence-corrected chi connectivity index (χ3v) is 21.3. The molecule has 0 amide bonds. The van der Waals surface area contributed by atoms with E-state index < -0.39 is 0 Å². The van der Waals surface area contributed by atoms with Crippen molar-refractivity contribution in [3.05, 3.63) is 374 Å². The monoisotopic (exact) mass is 1550 g/mol. The van der Waals surface area contributed by atoms with Gasteiger partial charge in [0.25, 0.3) is 0 Å². The van der Waals surface area contributed by atoms with Crippen LogP contribution in [0.1, 0.15) is 33.8 Å². The zero-order chi connectivity index (χ0) is 81.2. The maximum Gasteiger partial charge on any atom is 0.182 e. The van der Waals surface area contributed by atoms with Gasteiger partial charge in [-0.05, 0) is 143 Å². The van der Waals surface area contributed by atoms with Crippen LogP contribution in [0.3, 0.4) is 0 Å². The molecule has 0 saturated heterocycles. The van der Waals surface area contributed by atoms with Crippen molar-refractivity contribution in [3.63, 3.8) is 0 Å². The number of rotatable bonds is 12. The SMILES string of the molecule is Cc1ccc2ccc3c(C)cc(-c4ccc(-c5cc(-c6ccccc6)nc(-c6ccccn6)n5)cc4)nc3c2n1.Cc1ccc2ccc3c(C)cc(-c4ccc(-c5nc(-c6ccccc6)cc(-c6ccccn6)n5)cc4)nc3c2n1.Cc1ccc2ccc3c(C)cc(-c4ccc(-c5nc(-c6ccccc6)nc(-c6ccccn6)n5)cc4)nc3c2n1. The van der Waals surface area contributed by atoms with Crippen molar-refractivity contribution >= 4 is 65.4 Å². The number of nitrogens with zero attached hydrogens (tertiary/aromatic N) is 16. The first-order valence-electron chi connectivity index (χ1n) is 39.7. The second kappa shape index (κ2) is 32.4. The van der Waals surface area contributed by atoms with Gasteiger partial charge in [-0.15, -0.1) is 0 Å². The van der Waals surface area contributed by atoms with Crippen LogP contribution in [0.2, 0.25) is 0 Å². The number of aromatic nitrogens is 16. The molecule has 570 valence electrons. The molecule has 0 aliphatic carbocycles. The molecule has 21 rings (SSSR count). The molecule has 0 saturated carbocycles. The molecule has 120 heavy (non-hydrogen) atoms. The van der Waals surface area contributed by atoms with E-state index >= 15 is 0 Å². The molecule has 12 aromatic heterocycles. The quantitative estimate of drug-likeness (QED) is 0.104. The van der Waals surface area contributed by atoms with Crippen LogP contribution in [-0.4, -0.2) is 79.7 Å². The zero-order valence-electron chi connectivity index (χ0n) is 66.5. The van der Waals surface area contributed by atoms with Gasteiger partial charge >= 0.3 is 0 Å². The molecule has 0 bridgehead atoms. The minimum atomic E-state index is 0.537. The van der Waals surface area contributed by atoms with Gasteiger partial charge in [0.05, 0.1) is 78.7 Å². The highest BCUT2D eigenvalue weighted by Gasteiger charge is 2.20. The van der Waals surface area contributed by atoms with Crippen LogP contribution in [0.15, 0.2) is 340 Å². The molecule has 16 heteroatoms. The Morgan fingerprint density at radius 3 is 0.775 bits per heavy atom. The molecule has 0 N–H and O–H groups in total. The lowest BCUT2D eigenvalue weighted by Gasteiger charge is -2.11. The van der Waals surface area contributed by atoms with Crippen LogP contribution < -0.4 is 0 Å². The van der Waals surface area contributed by atoms with Gasteiger partial charge in [0.1, 0.15) is 11.4 Å². The Morgan fingerprint density at radius 1 is 0.158 bits per heavy atom. The van der Waals surface area contributed by atoms with E-state index in [-0.39, 0.29) is 0 Å². The Hall–Kier alpha value is -15.9.